The summed E-state index contributed by atoms with van der Waals surface area (Å²) in [6.07, 6.45) is 1.29. The summed E-state index contributed by atoms with van der Waals surface area (Å²) in [5, 5.41) is 3.19. The van der Waals surface area contributed by atoms with Gasteiger partial charge in [-0.3, -0.25) is 0 Å². The Morgan fingerprint density at radius 2 is 2.32 bits per heavy atom. The number of halogens is 2. The molecule has 2 aromatic rings. The summed E-state index contributed by atoms with van der Waals surface area (Å²) in [6, 6.07) is 4.78. The molecule has 4 nitrogen and oxygen atoms in total. The van der Waals surface area contributed by atoms with E-state index in [0.717, 1.165) is 0 Å². The SMILES string of the molecule is COCCNCc1ncoc1-c1cccc(Cl)c1F. The van der Waals surface area contributed by atoms with Crippen LogP contribution in [0.5, 0.6) is 0 Å². The Kier molecular flexibility index (Phi) is 4.90. The summed E-state index contributed by atoms with van der Waals surface area (Å²) < 4.78 is 24.1. The summed E-state index contributed by atoms with van der Waals surface area (Å²) in [5.41, 5.74) is 0.950. The van der Waals surface area contributed by atoms with Crippen LogP contribution in [0.25, 0.3) is 11.3 Å². The molecule has 0 fully saturated rings. The van der Waals surface area contributed by atoms with Crippen LogP contribution in [0.2, 0.25) is 5.02 Å². The van der Waals surface area contributed by atoms with Crippen LogP contribution in [-0.2, 0) is 11.3 Å². The van der Waals surface area contributed by atoms with Gasteiger partial charge in [0.1, 0.15) is 5.69 Å². The molecule has 0 spiro atoms. The van der Waals surface area contributed by atoms with Gasteiger partial charge >= 0.3 is 0 Å². The second kappa shape index (κ2) is 6.65. The van der Waals surface area contributed by atoms with E-state index in [1.165, 1.54) is 12.5 Å². The molecule has 0 unspecified atom stereocenters. The van der Waals surface area contributed by atoms with Crippen LogP contribution >= 0.6 is 11.6 Å². The Morgan fingerprint density at radius 1 is 1.47 bits per heavy atom. The quantitative estimate of drug-likeness (QED) is 0.829. The topological polar surface area (TPSA) is 47.3 Å². The number of nitrogens with one attached hydrogen (secondary N) is 1. The van der Waals surface area contributed by atoms with Gasteiger partial charge in [0, 0.05) is 20.2 Å². The van der Waals surface area contributed by atoms with Crippen molar-refractivity contribution in [2.24, 2.45) is 0 Å². The maximum Gasteiger partial charge on any atom is 0.181 e. The average Bonchev–Trinajstić information content (AvgIpc) is 2.86. The van der Waals surface area contributed by atoms with Gasteiger partial charge < -0.3 is 14.5 Å². The lowest BCUT2D eigenvalue weighted by Gasteiger charge is -2.05. The second-order valence-electron chi connectivity index (χ2n) is 3.90. The van der Waals surface area contributed by atoms with Crippen molar-refractivity contribution < 1.29 is 13.5 Å². The first-order valence-electron chi connectivity index (χ1n) is 5.80. The highest BCUT2D eigenvalue weighted by molar-refractivity contribution is 6.31. The molecule has 0 aliphatic rings. The predicted molar refractivity (Wildman–Crippen MR) is 70.5 cm³/mol. The molecule has 0 bridgehead atoms. The van der Waals surface area contributed by atoms with Crippen LogP contribution in [0.15, 0.2) is 29.0 Å². The zero-order chi connectivity index (χ0) is 13.7. The summed E-state index contributed by atoms with van der Waals surface area (Å²) >= 11 is 5.76. The van der Waals surface area contributed by atoms with Crippen LogP contribution in [0.4, 0.5) is 4.39 Å². The van der Waals surface area contributed by atoms with E-state index < -0.39 is 5.82 Å². The van der Waals surface area contributed by atoms with Crippen molar-refractivity contribution in [2.45, 2.75) is 6.54 Å². The third kappa shape index (κ3) is 3.32. The minimum atomic E-state index is -0.501. The highest BCUT2D eigenvalue weighted by atomic mass is 35.5. The van der Waals surface area contributed by atoms with Gasteiger partial charge in [-0.2, -0.15) is 0 Å². The number of hydrogen-bond acceptors (Lipinski definition) is 4. The van der Waals surface area contributed by atoms with Crippen molar-refractivity contribution in [1.29, 1.82) is 0 Å². The van der Waals surface area contributed by atoms with Gasteiger partial charge in [-0.15, -0.1) is 0 Å². The molecule has 102 valence electrons. The van der Waals surface area contributed by atoms with Gasteiger partial charge in [-0.1, -0.05) is 17.7 Å². The van der Waals surface area contributed by atoms with E-state index in [0.29, 0.717) is 36.7 Å². The van der Waals surface area contributed by atoms with Crippen LogP contribution in [0, 0.1) is 5.82 Å². The van der Waals surface area contributed by atoms with E-state index in [1.54, 1.807) is 19.2 Å². The maximum absolute atomic E-state index is 13.9. The van der Waals surface area contributed by atoms with Gasteiger partial charge in [0.25, 0.3) is 0 Å². The second-order valence-corrected chi connectivity index (χ2v) is 4.31. The molecule has 0 saturated heterocycles. The first kappa shape index (κ1) is 14.0. The van der Waals surface area contributed by atoms with Crippen molar-refractivity contribution in [2.75, 3.05) is 20.3 Å². The largest absolute Gasteiger partial charge is 0.443 e. The van der Waals surface area contributed by atoms with E-state index in [-0.39, 0.29) is 5.02 Å². The lowest BCUT2D eigenvalue weighted by Crippen LogP contribution is -2.19. The third-order valence-corrected chi connectivity index (χ3v) is 2.90. The van der Waals surface area contributed by atoms with Crippen LogP contribution in [-0.4, -0.2) is 25.2 Å². The Hall–Kier alpha value is -1.43. The van der Waals surface area contributed by atoms with E-state index >= 15 is 0 Å². The van der Waals surface area contributed by atoms with Crippen LogP contribution in [0.1, 0.15) is 5.69 Å². The fourth-order valence-electron chi connectivity index (χ4n) is 1.67. The molecule has 1 aromatic heterocycles. The maximum atomic E-state index is 13.9. The number of hydrogen-bond donors (Lipinski definition) is 1. The smallest absolute Gasteiger partial charge is 0.181 e. The molecule has 19 heavy (non-hydrogen) atoms. The molecular weight excluding hydrogens is 271 g/mol. The Bertz CT molecular complexity index is 545. The van der Waals surface area contributed by atoms with Crippen molar-refractivity contribution >= 4 is 11.6 Å². The van der Waals surface area contributed by atoms with Crippen molar-refractivity contribution in [3.05, 3.63) is 41.1 Å². The van der Waals surface area contributed by atoms with E-state index in [1.807, 2.05) is 0 Å². The summed E-state index contributed by atoms with van der Waals surface area (Å²) in [6.45, 7) is 1.75. The summed E-state index contributed by atoms with van der Waals surface area (Å²) in [5.74, 6) is -0.107. The molecule has 1 aromatic carbocycles. The first-order chi connectivity index (χ1) is 9.24. The lowest BCUT2D eigenvalue weighted by atomic mass is 10.1. The fourth-order valence-corrected chi connectivity index (χ4v) is 1.85. The zero-order valence-electron chi connectivity index (χ0n) is 10.5. The van der Waals surface area contributed by atoms with Gasteiger partial charge in [-0.25, -0.2) is 9.37 Å². The summed E-state index contributed by atoms with van der Waals surface area (Å²) in [7, 11) is 1.63. The number of ether oxygens (including phenoxy) is 1. The molecule has 1 heterocycles. The minimum absolute atomic E-state index is 0.0622. The van der Waals surface area contributed by atoms with Crippen molar-refractivity contribution in [3.8, 4) is 11.3 Å². The molecule has 0 atom stereocenters. The predicted octanol–water partition coefficient (Wildman–Crippen LogP) is 2.87. The highest BCUT2D eigenvalue weighted by Crippen LogP contribution is 2.29. The Morgan fingerprint density at radius 3 is 3.11 bits per heavy atom. The summed E-state index contributed by atoms with van der Waals surface area (Å²) in [4.78, 5) is 4.08. The molecule has 0 saturated carbocycles. The normalized spacial score (nSPS) is 10.9. The molecule has 1 N–H and O–H groups in total. The van der Waals surface area contributed by atoms with Gasteiger partial charge in [0.15, 0.2) is 18.0 Å². The fraction of sp³-hybridized carbons (Fsp3) is 0.308. The minimum Gasteiger partial charge on any atom is -0.443 e. The van der Waals surface area contributed by atoms with Crippen molar-refractivity contribution in [3.63, 3.8) is 0 Å². The highest BCUT2D eigenvalue weighted by Gasteiger charge is 2.16. The molecular formula is C13H14ClFN2O2. The van der Waals surface area contributed by atoms with Crippen LogP contribution < -0.4 is 5.32 Å². The number of benzene rings is 1. The van der Waals surface area contributed by atoms with E-state index in [4.69, 9.17) is 20.8 Å². The molecule has 0 amide bonds. The monoisotopic (exact) mass is 284 g/mol. The Balaban J connectivity index is 2.17. The average molecular weight is 285 g/mol. The molecule has 0 aliphatic heterocycles. The first-order valence-corrected chi connectivity index (χ1v) is 6.18. The lowest BCUT2D eigenvalue weighted by molar-refractivity contribution is 0.199. The number of oxazole rings is 1. The van der Waals surface area contributed by atoms with Gasteiger partial charge in [-0.05, 0) is 12.1 Å². The number of aromatic nitrogens is 1. The molecule has 2 rings (SSSR count). The molecule has 0 radical (unpaired) electrons. The van der Waals surface area contributed by atoms with Gasteiger partial charge in [0.05, 0.1) is 17.2 Å². The Labute approximate surface area is 115 Å². The van der Waals surface area contributed by atoms with Crippen molar-refractivity contribution in [1.82, 2.24) is 10.3 Å². The third-order valence-electron chi connectivity index (χ3n) is 2.61. The van der Waals surface area contributed by atoms with E-state index in [9.17, 15) is 4.39 Å². The molecule has 6 heteroatoms. The number of rotatable bonds is 6. The number of nitrogens with zero attached hydrogens (tertiary/aromatic N) is 1. The molecule has 0 aliphatic carbocycles. The van der Waals surface area contributed by atoms with Crippen LogP contribution in [0.3, 0.4) is 0 Å². The standard InChI is InChI=1S/C13H14ClFN2O2/c1-18-6-5-16-7-11-13(19-8-17-11)9-3-2-4-10(14)12(9)15/h2-4,8,16H,5-7H2,1H3. The van der Waals surface area contributed by atoms with E-state index in [2.05, 4.69) is 10.3 Å². The zero-order valence-corrected chi connectivity index (χ0v) is 11.2. The van der Waals surface area contributed by atoms with Gasteiger partial charge in [0.2, 0.25) is 0 Å². The number of methoxy groups -OCH3 is 1.